The van der Waals surface area contributed by atoms with E-state index < -0.39 is 18.0 Å². The summed E-state index contributed by atoms with van der Waals surface area (Å²) in [7, 11) is 0. The van der Waals surface area contributed by atoms with E-state index in [-0.39, 0.29) is 24.9 Å². The van der Waals surface area contributed by atoms with Gasteiger partial charge < -0.3 is 19.9 Å². The van der Waals surface area contributed by atoms with Crippen LogP contribution in [0.25, 0.3) is 16.7 Å². The van der Waals surface area contributed by atoms with Gasteiger partial charge in [0.15, 0.2) is 5.65 Å². The number of halogens is 2. The van der Waals surface area contributed by atoms with Crippen molar-refractivity contribution in [1.82, 2.24) is 19.7 Å². The van der Waals surface area contributed by atoms with E-state index in [4.69, 9.17) is 4.74 Å². The third-order valence-electron chi connectivity index (χ3n) is 6.43. The molecule has 3 aromatic rings. The number of anilines is 2. The number of amides is 2. The molecule has 2 unspecified atom stereocenters. The minimum absolute atomic E-state index is 0.0726. The lowest BCUT2D eigenvalue weighted by molar-refractivity contribution is -0.0225. The molecule has 4 aliphatic rings. The molecule has 8 nitrogen and oxygen atoms in total. The number of hydrogen-bond acceptors (Lipinski definition) is 5. The number of fused-ring (bicyclic) bond motifs is 4. The highest BCUT2D eigenvalue weighted by Gasteiger charge is 2.35. The van der Waals surface area contributed by atoms with Crippen LogP contribution in [0.2, 0.25) is 0 Å². The second-order valence-corrected chi connectivity index (χ2v) is 8.62. The molecule has 2 bridgehead atoms. The summed E-state index contributed by atoms with van der Waals surface area (Å²) in [5, 5.41) is 7.90. The number of pyridine rings is 1. The predicted octanol–water partition coefficient (Wildman–Crippen LogP) is 3.11. The molecule has 1 N–H and O–H groups in total. The molecule has 4 saturated heterocycles. The summed E-state index contributed by atoms with van der Waals surface area (Å²) in [4.78, 5) is 20.3. The van der Waals surface area contributed by atoms with E-state index in [1.54, 1.807) is 12.4 Å². The number of ether oxygens (including phenoxy) is 1. The van der Waals surface area contributed by atoms with E-state index in [2.05, 4.69) is 20.3 Å². The van der Waals surface area contributed by atoms with Gasteiger partial charge in [0.05, 0.1) is 43.7 Å². The zero-order valence-electron chi connectivity index (χ0n) is 17.2. The van der Waals surface area contributed by atoms with E-state index in [0.717, 1.165) is 37.1 Å². The second kappa shape index (κ2) is 7.40. The van der Waals surface area contributed by atoms with Crippen molar-refractivity contribution in [1.29, 1.82) is 0 Å². The number of nitrogens with one attached hydrogen (secondary N) is 1. The summed E-state index contributed by atoms with van der Waals surface area (Å²) in [5.41, 5.74) is 2.12. The third kappa shape index (κ3) is 3.35. The van der Waals surface area contributed by atoms with Gasteiger partial charge in [0.25, 0.3) is 0 Å². The molecule has 32 heavy (non-hydrogen) atoms. The Bertz CT molecular complexity index is 1190. The van der Waals surface area contributed by atoms with Crippen LogP contribution < -0.4 is 10.2 Å². The Balaban J connectivity index is 1.27. The molecule has 10 heteroatoms. The molecule has 4 aliphatic heterocycles. The van der Waals surface area contributed by atoms with E-state index >= 15 is 0 Å². The van der Waals surface area contributed by atoms with E-state index in [9.17, 15) is 13.6 Å². The maximum absolute atomic E-state index is 14.6. The van der Waals surface area contributed by atoms with Crippen molar-refractivity contribution in [3.8, 4) is 5.69 Å². The number of urea groups is 1. The van der Waals surface area contributed by atoms with Crippen molar-refractivity contribution >= 4 is 28.4 Å². The van der Waals surface area contributed by atoms with E-state index in [1.165, 1.54) is 27.8 Å². The van der Waals surface area contributed by atoms with Crippen LogP contribution in [0.3, 0.4) is 0 Å². The minimum Gasteiger partial charge on any atom is -0.374 e. The molecule has 2 atom stereocenters. The van der Waals surface area contributed by atoms with E-state index in [1.807, 2.05) is 6.07 Å². The normalized spacial score (nSPS) is 22.9. The Morgan fingerprint density at radius 2 is 2.06 bits per heavy atom. The molecule has 0 aliphatic carbocycles. The molecule has 0 radical (unpaired) electrons. The fourth-order valence-electron chi connectivity index (χ4n) is 4.61. The van der Waals surface area contributed by atoms with E-state index in [0.29, 0.717) is 17.4 Å². The summed E-state index contributed by atoms with van der Waals surface area (Å²) in [6.07, 6.45) is 5.02. The van der Waals surface area contributed by atoms with Gasteiger partial charge in [0.2, 0.25) is 0 Å². The van der Waals surface area contributed by atoms with Gasteiger partial charge in [-0.1, -0.05) is 0 Å². The summed E-state index contributed by atoms with van der Waals surface area (Å²) >= 11 is 0. The van der Waals surface area contributed by atoms with Crippen LogP contribution in [-0.4, -0.2) is 70.3 Å². The Morgan fingerprint density at radius 3 is 2.78 bits per heavy atom. The smallest absolute Gasteiger partial charge is 0.322 e. The van der Waals surface area contributed by atoms with Crippen molar-refractivity contribution in [2.75, 3.05) is 36.5 Å². The van der Waals surface area contributed by atoms with Crippen LogP contribution >= 0.6 is 0 Å². The van der Waals surface area contributed by atoms with Crippen LogP contribution in [0.5, 0.6) is 0 Å². The van der Waals surface area contributed by atoms with Crippen LogP contribution in [0, 0.1) is 5.82 Å². The summed E-state index contributed by atoms with van der Waals surface area (Å²) in [6, 6.07) is 6.21. The first kappa shape index (κ1) is 19.4. The number of likely N-dealkylation sites (tertiary alicyclic amines) is 1. The van der Waals surface area contributed by atoms with Gasteiger partial charge in [0, 0.05) is 23.8 Å². The SMILES string of the molecule is O=C(Nc1ccc(F)c(-n2cc3cc(N4CC5CCC4CO5)cnc3n2)c1)N1CC(F)C1. The van der Waals surface area contributed by atoms with Crippen molar-refractivity contribution in [3.05, 3.63) is 42.5 Å². The number of carbonyl (C=O) groups excluding carboxylic acids is 1. The maximum Gasteiger partial charge on any atom is 0.322 e. The number of carbonyl (C=O) groups is 1. The lowest BCUT2D eigenvalue weighted by atomic mass is 9.96. The number of alkyl halides is 1. The topological polar surface area (TPSA) is 75.5 Å². The van der Waals surface area contributed by atoms with Crippen LogP contribution in [0.1, 0.15) is 12.8 Å². The highest BCUT2D eigenvalue weighted by molar-refractivity contribution is 5.90. The van der Waals surface area contributed by atoms with Crippen LogP contribution in [0.15, 0.2) is 36.7 Å². The Hall–Kier alpha value is -3.27. The number of hydrogen-bond donors (Lipinski definition) is 1. The van der Waals surface area contributed by atoms with Crippen LogP contribution in [0.4, 0.5) is 25.0 Å². The van der Waals surface area contributed by atoms with Gasteiger partial charge in [-0.05, 0) is 37.1 Å². The molecule has 1 aromatic carbocycles. The standard InChI is InChI=1S/C22H22F2N6O2/c23-14-9-28(10-14)22(31)26-15-1-4-19(24)20(6-15)30-8-13-5-17(7-25-21(13)27-30)29-11-18-3-2-16(29)12-32-18/h1,4-8,14,16,18H,2-3,9-12H2,(H,26,31). The minimum atomic E-state index is -0.980. The third-order valence-corrected chi connectivity index (χ3v) is 6.43. The Morgan fingerprint density at radius 1 is 1.19 bits per heavy atom. The molecule has 166 valence electrons. The first-order chi connectivity index (χ1) is 15.5. The second-order valence-electron chi connectivity index (χ2n) is 8.62. The molecule has 6 heterocycles. The first-order valence-corrected chi connectivity index (χ1v) is 10.8. The zero-order chi connectivity index (χ0) is 21.8. The van der Waals surface area contributed by atoms with Gasteiger partial charge in [-0.3, -0.25) is 0 Å². The maximum atomic E-state index is 14.6. The fraction of sp³-hybridized carbons (Fsp3) is 0.409. The van der Waals surface area contributed by atoms with Gasteiger partial charge in [-0.15, -0.1) is 5.10 Å². The average molecular weight is 440 g/mol. The van der Waals surface area contributed by atoms with Crippen molar-refractivity contribution < 1.29 is 18.3 Å². The highest BCUT2D eigenvalue weighted by atomic mass is 19.1. The monoisotopic (exact) mass is 440 g/mol. The van der Waals surface area contributed by atoms with Gasteiger partial charge in [0.1, 0.15) is 17.7 Å². The molecular weight excluding hydrogens is 418 g/mol. The lowest BCUT2D eigenvalue weighted by Gasteiger charge is -2.46. The number of rotatable bonds is 3. The highest BCUT2D eigenvalue weighted by Crippen LogP contribution is 2.32. The number of morpholine rings is 1. The quantitative estimate of drug-likeness (QED) is 0.678. The Kier molecular flexibility index (Phi) is 4.49. The molecule has 4 fully saturated rings. The van der Waals surface area contributed by atoms with Crippen molar-refractivity contribution in [3.63, 3.8) is 0 Å². The van der Waals surface area contributed by atoms with Crippen molar-refractivity contribution in [2.45, 2.75) is 31.2 Å². The predicted molar refractivity (Wildman–Crippen MR) is 114 cm³/mol. The van der Waals surface area contributed by atoms with Gasteiger partial charge >= 0.3 is 6.03 Å². The summed E-state index contributed by atoms with van der Waals surface area (Å²) < 4.78 is 34.8. The molecule has 7 rings (SSSR count). The molecule has 2 aromatic heterocycles. The zero-order valence-corrected chi connectivity index (χ0v) is 17.2. The van der Waals surface area contributed by atoms with Crippen LogP contribution in [-0.2, 0) is 4.74 Å². The summed E-state index contributed by atoms with van der Waals surface area (Å²) in [6.45, 7) is 1.73. The average Bonchev–Trinajstić information content (AvgIpc) is 3.22. The molecule has 0 spiro atoms. The summed E-state index contributed by atoms with van der Waals surface area (Å²) in [5.74, 6) is -0.478. The Labute approximate surface area is 182 Å². The number of piperidine rings is 1. The van der Waals surface area contributed by atoms with Gasteiger partial charge in [-0.2, -0.15) is 0 Å². The largest absolute Gasteiger partial charge is 0.374 e. The molecule has 2 amide bonds. The lowest BCUT2D eigenvalue weighted by Crippen LogP contribution is -2.54. The van der Waals surface area contributed by atoms with Gasteiger partial charge in [-0.25, -0.2) is 23.2 Å². The number of aromatic nitrogens is 3. The fourth-order valence-corrected chi connectivity index (χ4v) is 4.61. The molecule has 0 saturated carbocycles. The van der Waals surface area contributed by atoms with Crippen molar-refractivity contribution in [2.24, 2.45) is 0 Å². The molecular formula is C22H22F2N6O2. The number of benzene rings is 1. The first-order valence-electron chi connectivity index (χ1n) is 10.8. The number of nitrogens with zero attached hydrogens (tertiary/aromatic N) is 5.